The molecule has 0 aliphatic rings. The van der Waals surface area contributed by atoms with E-state index in [1.165, 1.54) is 0 Å². The van der Waals surface area contributed by atoms with Crippen LogP contribution in [-0.4, -0.2) is 9.55 Å². The van der Waals surface area contributed by atoms with Crippen LogP contribution in [-0.2, 0) is 0 Å². The second-order valence-corrected chi connectivity index (χ2v) is 6.10. The molecule has 21 heavy (non-hydrogen) atoms. The summed E-state index contributed by atoms with van der Waals surface area (Å²) in [7, 11) is 0. The second-order valence-electron chi connectivity index (χ2n) is 4.80. The number of nitrogens with zero attached hydrogens (tertiary/aromatic N) is 2. The van der Waals surface area contributed by atoms with E-state index in [0.717, 1.165) is 32.0 Å². The number of para-hydroxylation sites is 1. The molecule has 0 saturated heterocycles. The zero-order valence-corrected chi connectivity index (χ0v) is 13.9. The Morgan fingerprint density at radius 1 is 1.00 bits per heavy atom. The minimum absolute atomic E-state index is 0.947. The molecule has 1 aromatic heterocycles. The summed E-state index contributed by atoms with van der Waals surface area (Å²) in [5.41, 5.74) is 4.31. The van der Waals surface area contributed by atoms with E-state index in [2.05, 4.69) is 58.0 Å². The SMILES string of the molecule is C=C(I)c1nc(C)n(-c2ccccc2)c1-c1ccccc1. The fourth-order valence-corrected chi connectivity index (χ4v) is 2.85. The van der Waals surface area contributed by atoms with Gasteiger partial charge >= 0.3 is 0 Å². The van der Waals surface area contributed by atoms with Crippen molar-refractivity contribution < 1.29 is 0 Å². The first-order valence-electron chi connectivity index (χ1n) is 6.73. The van der Waals surface area contributed by atoms with Gasteiger partial charge in [-0.1, -0.05) is 55.1 Å². The molecule has 104 valence electrons. The molecule has 0 N–H and O–H groups in total. The van der Waals surface area contributed by atoms with Crippen LogP contribution in [0, 0.1) is 6.92 Å². The molecular formula is C18H15IN2. The average Bonchev–Trinajstić information content (AvgIpc) is 2.87. The Labute approximate surface area is 138 Å². The first-order valence-corrected chi connectivity index (χ1v) is 7.81. The monoisotopic (exact) mass is 386 g/mol. The number of hydrogen-bond acceptors (Lipinski definition) is 1. The fraction of sp³-hybridized carbons (Fsp3) is 0.0556. The Morgan fingerprint density at radius 3 is 2.14 bits per heavy atom. The molecule has 0 spiro atoms. The minimum atomic E-state index is 0.947. The molecule has 0 radical (unpaired) electrons. The number of aryl methyl sites for hydroxylation is 1. The van der Waals surface area contributed by atoms with E-state index >= 15 is 0 Å². The minimum Gasteiger partial charge on any atom is -0.296 e. The Morgan fingerprint density at radius 2 is 1.57 bits per heavy atom. The van der Waals surface area contributed by atoms with Crippen LogP contribution in [0.5, 0.6) is 0 Å². The quantitative estimate of drug-likeness (QED) is 0.562. The highest BCUT2D eigenvalue weighted by Crippen LogP contribution is 2.34. The molecule has 0 amide bonds. The van der Waals surface area contributed by atoms with Gasteiger partial charge in [-0.2, -0.15) is 0 Å². The summed E-state index contributed by atoms with van der Waals surface area (Å²) in [6.07, 6.45) is 0. The molecule has 3 heteroatoms. The maximum atomic E-state index is 4.72. The highest BCUT2D eigenvalue weighted by Gasteiger charge is 2.18. The van der Waals surface area contributed by atoms with Gasteiger partial charge in [0.15, 0.2) is 0 Å². The Kier molecular flexibility index (Phi) is 3.92. The normalized spacial score (nSPS) is 10.6. The van der Waals surface area contributed by atoms with Crippen molar-refractivity contribution in [2.45, 2.75) is 6.92 Å². The van der Waals surface area contributed by atoms with Crippen molar-refractivity contribution in [1.29, 1.82) is 0 Å². The van der Waals surface area contributed by atoms with Crippen LogP contribution >= 0.6 is 22.6 Å². The van der Waals surface area contributed by atoms with Crippen LogP contribution in [0.2, 0.25) is 0 Å². The Hall–Kier alpha value is -1.88. The zero-order chi connectivity index (χ0) is 14.8. The van der Waals surface area contributed by atoms with Gasteiger partial charge in [0.2, 0.25) is 0 Å². The molecule has 0 atom stereocenters. The van der Waals surface area contributed by atoms with Crippen molar-refractivity contribution in [2.75, 3.05) is 0 Å². The number of imidazole rings is 1. The molecule has 2 aromatic carbocycles. The lowest BCUT2D eigenvalue weighted by molar-refractivity contribution is 0.980. The summed E-state index contributed by atoms with van der Waals surface area (Å²) >= 11 is 2.24. The molecule has 0 fully saturated rings. The maximum Gasteiger partial charge on any atom is 0.111 e. The molecular weight excluding hydrogens is 371 g/mol. The van der Waals surface area contributed by atoms with Crippen molar-refractivity contribution in [3.05, 3.63) is 78.8 Å². The lowest BCUT2D eigenvalue weighted by Gasteiger charge is -2.11. The van der Waals surface area contributed by atoms with Crippen LogP contribution in [0.1, 0.15) is 11.5 Å². The van der Waals surface area contributed by atoms with Crippen molar-refractivity contribution in [3.8, 4) is 16.9 Å². The van der Waals surface area contributed by atoms with Gasteiger partial charge in [0.05, 0.1) is 5.69 Å². The predicted octanol–water partition coefficient (Wildman–Crippen LogP) is 5.25. The van der Waals surface area contributed by atoms with Gasteiger partial charge in [-0.25, -0.2) is 4.98 Å². The topological polar surface area (TPSA) is 17.8 Å². The van der Waals surface area contributed by atoms with Crippen molar-refractivity contribution in [2.24, 2.45) is 0 Å². The summed E-state index contributed by atoms with van der Waals surface area (Å²) in [6.45, 7) is 6.10. The smallest absolute Gasteiger partial charge is 0.111 e. The third-order valence-corrected chi connectivity index (χ3v) is 3.87. The second kappa shape index (κ2) is 5.85. The Balaban J connectivity index is 2.32. The largest absolute Gasteiger partial charge is 0.296 e. The third-order valence-electron chi connectivity index (χ3n) is 3.36. The van der Waals surface area contributed by atoms with Crippen LogP contribution in [0.25, 0.3) is 20.5 Å². The predicted molar refractivity (Wildman–Crippen MR) is 96.8 cm³/mol. The molecule has 0 unspecified atom stereocenters. The molecule has 2 nitrogen and oxygen atoms in total. The van der Waals surface area contributed by atoms with E-state index in [1.54, 1.807) is 0 Å². The highest BCUT2D eigenvalue weighted by molar-refractivity contribution is 14.1. The van der Waals surface area contributed by atoms with Gasteiger partial charge in [0.1, 0.15) is 11.5 Å². The van der Waals surface area contributed by atoms with Gasteiger partial charge in [0.25, 0.3) is 0 Å². The lowest BCUT2D eigenvalue weighted by Crippen LogP contribution is -1.99. The van der Waals surface area contributed by atoms with E-state index in [4.69, 9.17) is 4.98 Å². The van der Waals surface area contributed by atoms with Crippen molar-refractivity contribution in [1.82, 2.24) is 9.55 Å². The van der Waals surface area contributed by atoms with Crippen LogP contribution in [0.4, 0.5) is 0 Å². The van der Waals surface area contributed by atoms with Gasteiger partial charge in [0, 0.05) is 14.8 Å². The first kappa shape index (κ1) is 14.1. The van der Waals surface area contributed by atoms with Gasteiger partial charge in [-0.05, 0) is 41.6 Å². The summed E-state index contributed by atoms with van der Waals surface area (Å²) in [5, 5.41) is 0. The van der Waals surface area contributed by atoms with E-state index < -0.39 is 0 Å². The molecule has 3 aromatic rings. The van der Waals surface area contributed by atoms with Crippen LogP contribution in [0.15, 0.2) is 67.2 Å². The Bertz CT molecular complexity index is 774. The highest BCUT2D eigenvalue weighted by atomic mass is 127. The molecule has 1 heterocycles. The van der Waals surface area contributed by atoms with E-state index in [1.807, 2.05) is 43.3 Å². The average molecular weight is 386 g/mol. The van der Waals surface area contributed by atoms with Gasteiger partial charge in [-0.15, -0.1) is 0 Å². The first-order chi connectivity index (χ1) is 10.2. The number of halogens is 1. The van der Waals surface area contributed by atoms with Crippen LogP contribution < -0.4 is 0 Å². The maximum absolute atomic E-state index is 4.72. The standard InChI is InChI=1S/C18H15IN2/c1-13(19)17-18(15-9-5-3-6-10-15)21(14(2)20-17)16-11-7-4-8-12-16/h3-12H,1H2,2H3. The third kappa shape index (κ3) is 2.65. The molecule has 0 aliphatic carbocycles. The molecule has 3 rings (SSSR count). The van der Waals surface area contributed by atoms with Crippen molar-refractivity contribution >= 4 is 26.2 Å². The summed E-state index contributed by atoms with van der Waals surface area (Å²) in [6, 6.07) is 20.7. The van der Waals surface area contributed by atoms with E-state index in [0.29, 0.717) is 0 Å². The summed E-state index contributed by atoms with van der Waals surface area (Å²) in [4.78, 5) is 4.72. The zero-order valence-electron chi connectivity index (χ0n) is 11.8. The number of rotatable bonds is 3. The summed E-state index contributed by atoms with van der Waals surface area (Å²) in [5.74, 6) is 0.966. The number of hydrogen-bond donors (Lipinski definition) is 0. The van der Waals surface area contributed by atoms with E-state index in [-0.39, 0.29) is 0 Å². The van der Waals surface area contributed by atoms with Crippen molar-refractivity contribution in [3.63, 3.8) is 0 Å². The molecule has 0 aliphatic heterocycles. The van der Waals surface area contributed by atoms with Crippen LogP contribution in [0.3, 0.4) is 0 Å². The van der Waals surface area contributed by atoms with Gasteiger partial charge < -0.3 is 0 Å². The molecule has 0 saturated carbocycles. The van der Waals surface area contributed by atoms with Gasteiger partial charge in [-0.3, -0.25) is 4.57 Å². The molecule has 0 bridgehead atoms. The number of benzene rings is 2. The fourth-order valence-electron chi connectivity index (χ4n) is 2.48. The van der Waals surface area contributed by atoms with E-state index in [9.17, 15) is 0 Å². The summed E-state index contributed by atoms with van der Waals surface area (Å²) < 4.78 is 3.14. The number of aromatic nitrogens is 2. The lowest BCUT2D eigenvalue weighted by atomic mass is 10.1.